The first kappa shape index (κ1) is 15.8. The van der Waals surface area contributed by atoms with Gasteiger partial charge in [-0.05, 0) is 32.0 Å². The van der Waals surface area contributed by atoms with Gasteiger partial charge in [0.2, 0.25) is 0 Å². The second-order valence-corrected chi connectivity index (χ2v) is 6.21. The summed E-state index contributed by atoms with van der Waals surface area (Å²) < 4.78 is 16.9. The van der Waals surface area contributed by atoms with Gasteiger partial charge in [-0.1, -0.05) is 13.8 Å². The Kier molecular flexibility index (Phi) is 4.25. The SMILES string of the molecule is CCOC(=O)c1ccc(N)cc1C1(C)OCC(C)(C)CO1. The zero-order valence-corrected chi connectivity index (χ0v) is 13.1. The number of carbonyl (C=O) groups excluding carboxylic acids is 1. The summed E-state index contributed by atoms with van der Waals surface area (Å²) in [6.45, 7) is 9.11. The minimum absolute atomic E-state index is 0.0517. The van der Waals surface area contributed by atoms with Crippen molar-refractivity contribution >= 4 is 11.7 Å². The van der Waals surface area contributed by atoms with E-state index >= 15 is 0 Å². The van der Waals surface area contributed by atoms with Crippen LogP contribution in [0, 0.1) is 5.41 Å². The summed E-state index contributed by atoms with van der Waals surface area (Å²) in [5.74, 6) is -1.39. The summed E-state index contributed by atoms with van der Waals surface area (Å²) in [6.07, 6.45) is 0. The van der Waals surface area contributed by atoms with Crippen molar-refractivity contribution in [2.75, 3.05) is 25.6 Å². The van der Waals surface area contributed by atoms with E-state index in [4.69, 9.17) is 19.9 Å². The normalized spacial score (nSPS) is 20.0. The number of rotatable bonds is 3. The van der Waals surface area contributed by atoms with Crippen molar-refractivity contribution in [2.24, 2.45) is 5.41 Å². The number of nitrogen functional groups attached to an aromatic ring is 1. The third-order valence-corrected chi connectivity index (χ3v) is 3.50. The average molecular weight is 293 g/mol. The molecule has 1 aliphatic heterocycles. The van der Waals surface area contributed by atoms with Gasteiger partial charge in [0, 0.05) is 16.7 Å². The first-order valence-corrected chi connectivity index (χ1v) is 7.12. The molecule has 0 amide bonds. The molecule has 0 radical (unpaired) electrons. The molecule has 0 aliphatic carbocycles. The molecule has 5 heteroatoms. The van der Waals surface area contributed by atoms with Crippen LogP contribution >= 0.6 is 0 Å². The highest BCUT2D eigenvalue weighted by molar-refractivity contribution is 5.92. The zero-order chi connectivity index (χ0) is 15.7. The van der Waals surface area contributed by atoms with Gasteiger partial charge in [-0.3, -0.25) is 0 Å². The summed E-state index contributed by atoms with van der Waals surface area (Å²) >= 11 is 0. The highest BCUT2D eigenvalue weighted by Crippen LogP contribution is 2.38. The van der Waals surface area contributed by atoms with E-state index in [2.05, 4.69) is 13.8 Å². The van der Waals surface area contributed by atoms with Gasteiger partial charge in [0.1, 0.15) is 0 Å². The first-order chi connectivity index (χ1) is 9.77. The number of benzene rings is 1. The maximum absolute atomic E-state index is 12.1. The van der Waals surface area contributed by atoms with Gasteiger partial charge in [-0.2, -0.15) is 0 Å². The van der Waals surface area contributed by atoms with Crippen LogP contribution in [0.4, 0.5) is 5.69 Å². The van der Waals surface area contributed by atoms with Gasteiger partial charge in [-0.25, -0.2) is 4.79 Å². The molecular formula is C16H23NO4. The van der Waals surface area contributed by atoms with Crippen molar-refractivity contribution in [2.45, 2.75) is 33.5 Å². The third kappa shape index (κ3) is 3.36. The molecule has 0 aromatic heterocycles. The molecule has 1 heterocycles. The maximum Gasteiger partial charge on any atom is 0.338 e. The molecule has 1 saturated heterocycles. The third-order valence-electron chi connectivity index (χ3n) is 3.50. The highest BCUT2D eigenvalue weighted by Gasteiger charge is 2.40. The quantitative estimate of drug-likeness (QED) is 0.685. The molecule has 0 spiro atoms. The molecule has 1 aromatic carbocycles. The van der Waals surface area contributed by atoms with Crippen molar-refractivity contribution in [1.29, 1.82) is 0 Å². The number of anilines is 1. The fourth-order valence-electron chi connectivity index (χ4n) is 2.23. The van der Waals surface area contributed by atoms with Gasteiger partial charge in [0.15, 0.2) is 5.79 Å². The van der Waals surface area contributed by atoms with E-state index in [0.717, 1.165) is 0 Å². The number of carbonyl (C=O) groups is 1. The van der Waals surface area contributed by atoms with Crippen molar-refractivity contribution in [1.82, 2.24) is 0 Å². The molecule has 5 nitrogen and oxygen atoms in total. The summed E-state index contributed by atoms with van der Waals surface area (Å²) in [4.78, 5) is 12.1. The van der Waals surface area contributed by atoms with Gasteiger partial charge in [-0.15, -0.1) is 0 Å². The maximum atomic E-state index is 12.1. The molecule has 1 aromatic rings. The number of hydrogen-bond donors (Lipinski definition) is 1. The van der Waals surface area contributed by atoms with Crippen LogP contribution in [0.1, 0.15) is 43.6 Å². The summed E-state index contributed by atoms with van der Waals surface area (Å²) in [5, 5.41) is 0. The molecule has 1 aliphatic rings. The fraction of sp³-hybridized carbons (Fsp3) is 0.562. The molecule has 0 bridgehead atoms. The Morgan fingerprint density at radius 1 is 1.29 bits per heavy atom. The van der Waals surface area contributed by atoms with E-state index in [9.17, 15) is 4.79 Å². The van der Waals surface area contributed by atoms with Crippen LogP contribution in [0.15, 0.2) is 18.2 Å². The summed E-state index contributed by atoms with van der Waals surface area (Å²) in [7, 11) is 0. The van der Waals surface area contributed by atoms with E-state index in [1.807, 2.05) is 0 Å². The Morgan fingerprint density at radius 3 is 2.48 bits per heavy atom. The predicted molar refractivity (Wildman–Crippen MR) is 79.8 cm³/mol. The van der Waals surface area contributed by atoms with Crippen molar-refractivity contribution in [3.05, 3.63) is 29.3 Å². The monoisotopic (exact) mass is 293 g/mol. The van der Waals surface area contributed by atoms with Gasteiger partial charge in [0.25, 0.3) is 0 Å². The lowest BCUT2D eigenvalue weighted by molar-refractivity contribution is -0.298. The van der Waals surface area contributed by atoms with Crippen LogP contribution < -0.4 is 5.73 Å². The molecule has 0 atom stereocenters. The lowest BCUT2D eigenvalue weighted by atomic mass is 9.92. The molecule has 2 N–H and O–H groups in total. The Hall–Kier alpha value is -1.59. The molecule has 1 fully saturated rings. The Labute approximate surface area is 125 Å². The van der Waals surface area contributed by atoms with E-state index in [-0.39, 0.29) is 5.41 Å². The topological polar surface area (TPSA) is 70.8 Å². The highest BCUT2D eigenvalue weighted by atomic mass is 16.7. The van der Waals surface area contributed by atoms with Crippen LogP contribution in [0.25, 0.3) is 0 Å². The van der Waals surface area contributed by atoms with E-state index < -0.39 is 11.8 Å². The van der Waals surface area contributed by atoms with Gasteiger partial charge in [0.05, 0.1) is 25.4 Å². The van der Waals surface area contributed by atoms with Crippen molar-refractivity contribution in [3.8, 4) is 0 Å². The average Bonchev–Trinajstić information content (AvgIpc) is 2.43. The Bertz CT molecular complexity index is 529. The zero-order valence-electron chi connectivity index (χ0n) is 13.1. The smallest absolute Gasteiger partial charge is 0.338 e. The Balaban J connectivity index is 2.38. The summed E-state index contributed by atoms with van der Waals surface area (Å²) in [6, 6.07) is 5.04. The number of hydrogen-bond acceptors (Lipinski definition) is 5. The second kappa shape index (κ2) is 5.66. The molecule has 21 heavy (non-hydrogen) atoms. The minimum atomic E-state index is -0.993. The first-order valence-electron chi connectivity index (χ1n) is 7.12. The van der Waals surface area contributed by atoms with E-state index in [1.165, 1.54) is 0 Å². The summed E-state index contributed by atoms with van der Waals surface area (Å²) in [5.41, 5.74) is 7.39. The van der Waals surface area contributed by atoms with Crippen molar-refractivity contribution in [3.63, 3.8) is 0 Å². The van der Waals surface area contributed by atoms with Crippen LogP contribution in [0.5, 0.6) is 0 Å². The Morgan fingerprint density at radius 2 is 1.90 bits per heavy atom. The van der Waals surface area contributed by atoms with Crippen LogP contribution in [-0.2, 0) is 20.0 Å². The molecular weight excluding hydrogens is 270 g/mol. The van der Waals surface area contributed by atoms with Crippen molar-refractivity contribution < 1.29 is 19.0 Å². The second-order valence-electron chi connectivity index (χ2n) is 6.21. The lowest BCUT2D eigenvalue weighted by Crippen LogP contribution is -2.44. The number of ether oxygens (including phenoxy) is 3. The standard InChI is InChI=1S/C16H23NO4/c1-5-19-14(18)12-7-6-11(17)8-13(12)16(4)20-9-15(2,3)10-21-16/h6-8H,5,9-10,17H2,1-4H3. The van der Waals surface area contributed by atoms with Crippen LogP contribution in [0.3, 0.4) is 0 Å². The molecule has 0 saturated carbocycles. The number of esters is 1. The molecule has 116 valence electrons. The predicted octanol–water partition coefficient (Wildman–Crippen LogP) is 2.69. The van der Waals surface area contributed by atoms with Gasteiger partial charge < -0.3 is 19.9 Å². The van der Waals surface area contributed by atoms with E-state index in [0.29, 0.717) is 36.6 Å². The van der Waals surface area contributed by atoms with Crippen LogP contribution in [0.2, 0.25) is 0 Å². The molecule has 2 rings (SSSR count). The number of nitrogens with two attached hydrogens (primary N) is 1. The largest absolute Gasteiger partial charge is 0.462 e. The minimum Gasteiger partial charge on any atom is -0.462 e. The fourth-order valence-corrected chi connectivity index (χ4v) is 2.23. The molecule has 0 unspecified atom stereocenters. The van der Waals surface area contributed by atoms with Crippen LogP contribution in [-0.4, -0.2) is 25.8 Å². The van der Waals surface area contributed by atoms with E-state index in [1.54, 1.807) is 32.0 Å². The lowest BCUT2D eigenvalue weighted by Gasteiger charge is -2.42. The van der Waals surface area contributed by atoms with Gasteiger partial charge >= 0.3 is 5.97 Å².